The fraction of sp³-hybridized carbons (Fsp3) is 0.923. The number of nitrogens with zero attached hydrogens (tertiary/aromatic N) is 1. The lowest BCUT2D eigenvalue weighted by Crippen LogP contribution is -2.36. The highest BCUT2D eigenvalue weighted by Crippen LogP contribution is 2.66. The standard InChI is InChI=1S/C13H24NO5P/c1-5-18-20(16,17)10-8-14(9-13(10)6-7-13)11(15)19-12(2,3)4/h10H,5-9H2,1-4H3,(H,16,17). The average molecular weight is 305 g/mol. The van der Waals surface area contributed by atoms with Gasteiger partial charge in [-0.1, -0.05) is 0 Å². The summed E-state index contributed by atoms with van der Waals surface area (Å²) in [5.74, 6) is 0. The maximum atomic E-state index is 12.3. The lowest BCUT2D eigenvalue weighted by Gasteiger charge is -2.24. The largest absolute Gasteiger partial charge is 0.444 e. The van der Waals surface area contributed by atoms with E-state index in [-0.39, 0.29) is 18.6 Å². The highest BCUT2D eigenvalue weighted by Gasteiger charge is 2.62. The number of rotatable bonds is 3. The molecular weight excluding hydrogens is 281 g/mol. The topological polar surface area (TPSA) is 76.1 Å². The Morgan fingerprint density at radius 1 is 1.45 bits per heavy atom. The van der Waals surface area contributed by atoms with Crippen molar-refractivity contribution in [2.75, 3.05) is 19.7 Å². The number of carbonyl (C=O) groups is 1. The van der Waals surface area contributed by atoms with Gasteiger partial charge in [-0.15, -0.1) is 0 Å². The number of hydrogen-bond donors (Lipinski definition) is 1. The zero-order chi connectivity index (χ0) is 15.2. The minimum Gasteiger partial charge on any atom is -0.444 e. The van der Waals surface area contributed by atoms with E-state index in [0.29, 0.717) is 6.54 Å². The summed E-state index contributed by atoms with van der Waals surface area (Å²) in [6.07, 6.45) is 1.33. The minimum atomic E-state index is -3.68. The second-order valence-electron chi connectivity index (χ2n) is 6.72. The van der Waals surface area contributed by atoms with E-state index in [1.165, 1.54) is 0 Å². The van der Waals surface area contributed by atoms with Gasteiger partial charge in [0.25, 0.3) is 0 Å². The van der Waals surface area contributed by atoms with Crippen LogP contribution in [-0.4, -0.2) is 46.8 Å². The normalized spacial score (nSPS) is 27.4. The Morgan fingerprint density at radius 3 is 2.50 bits per heavy atom. The Kier molecular flexibility index (Phi) is 3.95. The monoisotopic (exact) mass is 305 g/mol. The van der Waals surface area contributed by atoms with Gasteiger partial charge in [-0.3, -0.25) is 4.57 Å². The Balaban J connectivity index is 2.08. The highest BCUT2D eigenvalue weighted by atomic mass is 31.2. The zero-order valence-corrected chi connectivity index (χ0v) is 13.5. The summed E-state index contributed by atoms with van der Waals surface area (Å²) in [4.78, 5) is 23.7. The van der Waals surface area contributed by atoms with Gasteiger partial charge in [-0.25, -0.2) is 4.79 Å². The third kappa shape index (κ3) is 3.18. The van der Waals surface area contributed by atoms with Gasteiger partial charge in [0.05, 0.1) is 12.3 Å². The molecule has 2 unspecified atom stereocenters. The fourth-order valence-electron chi connectivity index (χ4n) is 2.79. The second-order valence-corrected chi connectivity index (χ2v) is 8.73. The molecule has 0 aromatic carbocycles. The van der Waals surface area contributed by atoms with Gasteiger partial charge in [-0.05, 0) is 40.5 Å². The first kappa shape index (κ1) is 15.8. The maximum absolute atomic E-state index is 12.3. The summed E-state index contributed by atoms with van der Waals surface area (Å²) in [6.45, 7) is 8.05. The Labute approximate surface area is 120 Å². The third-order valence-corrected chi connectivity index (χ3v) is 5.98. The number of amides is 1. The molecule has 6 nitrogen and oxygen atoms in total. The highest BCUT2D eigenvalue weighted by molar-refractivity contribution is 7.53. The fourth-order valence-corrected chi connectivity index (χ4v) is 4.78. The third-order valence-electron chi connectivity index (χ3n) is 3.86. The molecule has 1 aliphatic heterocycles. The van der Waals surface area contributed by atoms with Crippen molar-refractivity contribution in [1.82, 2.24) is 4.90 Å². The number of carbonyl (C=O) groups excluding carboxylic acids is 1. The van der Waals surface area contributed by atoms with Gasteiger partial charge in [0.1, 0.15) is 5.60 Å². The lowest BCUT2D eigenvalue weighted by atomic mass is 10.1. The predicted molar refractivity (Wildman–Crippen MR) is 74.7 cm³/mol. The molecule has 1 amide bonds. The van der Waals surface area contributed by atoms with Crippen molar-refractivity contribution in [1.29, 1.82) is 0 Å². The zero-order valence-electron chi connectivity index (χ0n) is 12.6. The molecule has 116 valence electrons. The molecule has 1 saturated heterocycles. The molecule has 2 fully saturated rings. The number of hydrogen-bond acceptors (Lipinski definition) is 4. The van der Waals surface area contributed by atoms with E-state index in [4.69, 9.17) is 9.26 Å². The number of ether oxygens (including phenoxy) is 1. The van der Waals surface area contributed by atoms with E-state index in [1.807, 2.05) is 20.8 Å². The smallest absolute Gasteiger partial charge is 0.410 e. The first-order valence-electron chi connectivity index (χ1n) is 7.05. The summed E-state index contributed by atoms with van der Waals surface area (Å²) in [5.41, 5.74) is -1.28. The van der Waals surface area contributed by atoms with Crippen LogP contribution in [0.2, 0.25) is 0 Å². The molecular formula is C13H24NO5P. The molecule has 20 heavy (non-hydrogen) atoms. The van der Waals surface area contributed by atoms with Crippen molar-refractivity contribution in [3.05, 3.63) is 0 Å². The molecule has 2 aliphatic rings. The van der Waals surface area contributed by atoms with Crippen LogP contribution in [0, 0.1) is 5.41 Å². The van der Waals surface area contributed by atoms with E-state index in [1.54, 1.807) is 11.8 Å². The van der Waals surface area contributed by atoms with Crippen LogP contribution < -0.4 is 0 Å². The van der Waals surface area contributed by atoms with Gasteiger partial charge in [-0.2, -0.15) is 0 Å². The van der Waals surface area contributed by atoms with Crippen LogP contribution in [0.15, 0.2) is 0 Å². The molecule has 1 aliphatic carbocycles. The Hall–Kier alpha value is -0.580. The second kappa shape index (κ2) is 5.00. The summed E-state index contributed by atoms with van der Waals surface area (Å²) in [5, 5.41) is 0. The summed E-state index contributed by atoms with van der Waals surface area (Å²) in [7, 11) is -3.68. The lowest BCUT2D eigenvalue weighted by molar-refractivity contribution is 0.0286. The molecule has 0 aromatic heterocycles. The van der Waals surface area contributed by atoms with Gasteiger partial charge < -0.3 is 19.1 Å². The van der Waals surface area contributed by atoms with Gasteiger partial charge in [0.15, 0.2) is 0 Å². The summed E-state index contributed by atoms with van der Waals surface area (Å²) >= 11 is 0. The predicted octanol–water partition coefficient (Wildman–Crippen LogP) is 2.61. The van der Waals surface area contributed by atoms with E-state index in [0.717, 1.165) is 12.8 Å². The van der Waals surface area contributed by atoms with Crippen molar-refractivity contribution >= 4 is 13.7 Å². The molecule has 0 bridgehead atoms. The first-order chi connectivity index (χ1) is 9.10. The Bertz CT molecular complexity index is 441. The van der Waals surface area contributed by atoms with Crippen molar-refractivity contribution in [2.24, 2.45) is 5.41 Å². The molecule has 1 N–H and O–H groups in total. The molecule has 1 heterocycles. The van der Waals surface area contributed by atoms with Gasteiger partial charge in [0.2, 0.25) is 0 Å². The summed E-state index contributed by atoms with van der Waals surface area (Å²) < 4.78 is 22.7. The molecule has 2 rings (SSSR count). The van der Waals surface area contributed by atoms with Crippen LogP contribution in [0.3, 0.4) is 0 Å². The maximum Gasteiger partial charge on any atom is 0.410 e. The molecule has 0 aromatic rings. The quantitative estimate of drug-likeness (QED) is 0.811. The van der Waals surface area contributed by atoms with Gasteiger partial charge in [0, 0.05) is 18.5 Å². The first-order valence-corrected chi connectivity index (χ1v) is 8.69. The van der Waals surface area contributed by atoms with E-state index >= 15 is 0 Å². The average Bonchev–Trinajstić information content (AvgIpc) is 2.87. The van der Waals surface area contributed by atoms with E-state index < -0.39 is 24.9 Å². The van der Waals surface area contributed by atoms with Crippen LogP contribution >= 0.6 is 7.60 Å². The minimum absolute atomic E-state index is 0.201. The van der Waals surface area contributed by atoms with Crippen LogP contribution in [0.25, 0.3) is 0 Å². The van der Waals surface area contributed by atoms with E-state index in [9.17, 15) is 14.3 Å². The van der Waals surface area contributed by atoms with Gasteiger partial charge >= 0.3 is 13.7 Å². The van der Waals surface area contributed by atoms with Crippen molar-refractivity contribution in [3.8, 4) is 0 Å². The van der Waals surface area contributed by atoms with Crippen molar-refractivity contribution in [2.45, 2.75) is 51.8 Å². The Morgan fingerprint density at radius 2 is 2.05 bits per heavy atom. The van der Waals surface area contributed by atoms with Crippen LogP contribution in [-0.2, 0) is 13.8 Å². The molecule has 1 spiro atoms. The van der Waals surface area contributed by atoms with Crippen molar-refractivity contribution in [3.63, 3.8) is 0 Å². The molecule has 0 radical (unpaired) electrons. The van der Waals surface area contributed by atoms with Crippen LogP contribution in [0.4, 0.5) is 4.79 Å². The van der Waals surface area contributed by atoms with Crippen LogP contribution in [0.5, 0.6) is 0 Å². The summed E-state index contributed by atoms with van der Waals surface area (Å²) in [6, 6.07) is 0. The van der Waals surface area contributed by atoms with E-state index in [2.05, 4.69) is 0 Å². The molecule has 7 heteroatoms. The number of likely N-dealkylation sites (tertiary alicyclic amines) is 1. The molecule has 1 saturated carbocycles. The molecule has 2 atom stereocenters. The SMILES string of the molecule is CCOP(=O)(O)C1CN(C(=O)OC(C)(C)C)CC12CC2. The van der Waals surface area contributed by atoms with Crippen molar-refractivity contribution < 1.29 is 23.5 Å². The van der Waals surface area contributed by atoms with Crippen LogP contribution in [0.1, 0.15) is 40.5 Å².